The second-order valence-electron chi connectivity index (χ2n) is 6.37. The van der Waals surface area contributed by atoms with Crippen molar-refractivity contribution in [3.63, 3.8) is 0 Å². The fraction of sp³-hybridized carbons (Fsp3) is 0.250. The fourth-order valence-electron chi connectivity index (χ4n) is 2.81. The molecule has 1 unspecified atom stereocenters. The Hall–Kier alpha value is -3.35. The van der Waals surface area contributed by atoms with E-state index < -0.39 is 18.0 Å². The van der Waals surface area contributed by atoms with Crippen LogP contribution in [-0.2, 0) is 14.3 Å². The molecule has 1 atom stereocenters. The van der Waals surface area contributed by atoms with Crippen LogP contribution in [0, 0.1) is 13.8 Å². The van der Waals surface area contributed by atoms with E-state index in [0.29, 0.717) is 22.7 Å². The molecule has 1 heterocycles. The van der Waals surface area contributed by atoms with E-state index in [1.54, 1.807) is 31.2 Å². The average molecular weight is 368 g/mol. The Morgan fingerprint density at radius 3 is 2.70 bits per heavy atom. The highest BCUT2D eigenvalue weighted by Crippen LogP contribution is 2.31. The maximum Gasteiger partial charge on any atom is 0.338 e. The number of fused-ring (bicyclic) bond motifs is 1. The molecule has 0 aromatic heterocycles. The van der Waals surface area contributed by atoms with Crippen molar-refractivity contribution in [1.82, 2.24) is 0 Å². The number of anilines is 2. The fourth-order valence-corrected chi connectivity index (χ4v) is 2.81. The van der Waals surface area contributed by atoms with Gasteiger partial charge in [0.25, 0.3) is 5.91 Å². The number of nitrogens with one attached hydrogen (secondary N) is 2. The molecule has 0 radical (unpaired) electrons. The molecule has 0 aliphatic carbocycles. The Labute approximate surface area is 156 Å². The number of carbonyl (C=O) groups is 3. The normalized spacial score (nSPS) is 15.2. The third kappa shape index (κ3) is 4.08. The van der Waals surface area contributed by atoms with E-state index in [1.165, 1.54) is 7.11 Å². The first-order valence-electron chi connectivity index (χ1n) is 8.44. The molecule has 1 aliphatic heterocycles. The molecule has 0 bridgehead atoms. The number of benzene rings is 2. The minimum absolute atomic E-state index is 0.152. The molecule has 0 saturated heterocycles. The van der Waals surface area contributed by atoms with Gasteiger partial charge in [0, 0.05) is 5.69 Å². The number of methoxy groups -OCH3 is 1. The Balaban J connectivity index is 1.68. The SMILES string of the molecule is COC(=O)c1cc(NC(=O)CC2Oc3ccc(C)cc3NC2=O)ccc1C. The van der Waals surface area contributed by atoms with E-state index in [1.807, 2.05) is 19.1 Å². The lowest BCUT2D eigenvalue weighted by Gasteiger charge is -2.25. The summed E-state index contributed by atoms with van der Waals surface area (Å²) in [5.74, 6) is -0.723. The van der Waals surface area contributed by atoms with Gasteiger partial charge in [-0.1, -0.05) is 12.1 Å². The van der Waals surface area contributed by atoms with Crippen molar-refractivity contribution in [3.8, 4) is 5.75 Å². The number of aryl methyl sites for hydroxylation is 2. The van der Waals surface area contributed by atoms with Crippen molar-refractivity contribution in [1.29, 1.82) is 0 Å². The molecule has 2 aromatic rings. The standard InChI is InChI=1S/C20H20N2O5/c1-11-4-7-16-15(8-11)22-19(24)17(27-16)10-18(23)21-13-6-5-12(2)14(9-13)20(25)26-3/h4-9,17H,10H2,1-3H3,(H,21,23)(H,22,24). The lowest BCUT2D eigenvalue weighted by Crippen LogP contribution is -2.39. The number of amides is 2. The van der Waals surface area contributed by atoms with E-state index in [0.717, 1.165) is 11.1 Å². The van der Waals surface area contributed by atoms with Gasteiger partial charge in [-0.2, -0.15) is 0 Å². The van der Waals surface area contributed by atoms with Crippen LogP contribution in [0.15, 0.2) is 36.4 Å². The number of rotatable bonds is 4. The highest BCUT2D eigenvalue weighted by Gasteiger charge is 2.29. The molecule has 0 spiro atoms. The Bertz CT molecular complexity index is 923. The molecule has 27 heavy (non-hydrogen) atoms. The molecule has 0 saturated carbocycles. The largest absolute Gasteiger partial charge is 0.478 e. The summed E-state index contributed by atoms with van der Waals surface area (Å²) >= 11 is 0. The number of carbonyl (C=O) groups excluding carboxylic acids is 3. The number of esters is 1. The molecular weight excluding hydrogens is 348 g/mol. The van der Waals surface area contributed by atoms with E-state index in [-0.39, 0.29) is 12.3 Å². The molecule has 2 aromatic carbocycles. The summed E-state index contributed by atoms with van der Waals surface area (Å²) in [6, 6.07) is 10.4. The molecule has 1 aliphatic rings. The zero-order valence-electron chi connectivity index (χ0n) is 15.3. The van der Waals surface area contributed by atoms with Crippen LogP contribution in [0.5, 0.6) is 5.75 Å². The predicted octanol–water partition coefficient (Wildman–Crippen LogP) is 2.82. The maximum absolute atomic E-state index is 12.3. The van der Waals surface area contributed by atoms with Crippen LogP contribution < -0.4 is 15.4 Å². The number of hydrogen-bond donors (Lipinski definition) is 2. The molecule has 7 nitrogen and oxygen atoms in total. The molecule has 0 fully saturated rings. The molecule has 2 amide bonds. The smallest absolute Gasteiger partial charge is 0.338 e. The van der Waals surface area contributed by atoms with E-state index in [2.05, 4.69) is 10.6 Å². The first kappa shape index (κ1) is 18.4. The zero-order chi connectivity index (χ0) is 19.6. The topological polar surface area (TPSA) is 93.7 Å². The third-order valence-corrected chi connectivity index (χ3v) is 4.25. The van der Waals surface area contributed by atoms with Crippen LogP contribution in [-0.4, -0.2) is 31.0 Å². The van der Waals surface area contributed by atoms with Gasteiger partial charge >= 0.3 is 5.97 Å². The molecule has 2 N–H and O–H groups in total. The summed E-state index contributed by atoms with van der Waals surface area (Å²) in [6.45, 7) is 3.69. The summed E-state index contributed by atoms with van der Waals surface area (Å²) in [5.41, 5.74) is 3.14. The first-order valence-corrected chi connectivity index (χ1v) is 8.44. The van der Waals surface area contributed by atoms with Gasteiger partial charge in [-0.05, 0) is 49.2 Å². The van der Waals surface area contributed by atoms with Gasteiger partial charge in [-0.15, -0.1) is 0 Å². The Kier molecular flexibility index (Phi) is 5.12. The van der Waals surface area contributed by atoms with Crippen LogP contribution >= 0.6 is 0 Å². The van der Waals surface area contributed by atoms with Gasteiger partial charge in [0.05, 0.1) is 24.8 Å². The Morgan fingerprint density at radius 1 is 1.19 bits per heavy atom. The number of ether oxygens (including phenoxy) is 2. The number of hydrogen-bond acceptors (Lipinski definition) is 5. The van der Waals surface area contributed by atoms with E-state index >= 15 is 0 Å². The van der Waals surface area contributed by atoms with Crippen LogP contribution in [0.4, 0.5) is 11.4 Å². The molecule has 3 rings (SSSR count). The monoisotopic (exact) mass is 368 g/mol. The van der Waals surface area contributed by atoms with Crippen LogP contribution in [0.3, 0.4) is 0 Å². The average Bonchev–Trinajstić information content (AvgIpc) is 2.63. The van der Waals surface area contributed by atoms with Gasteiger partial charge < -0.3 is 20.1 Å². The summed E-state index contributed by atoms with van der Waals surface area (Å²) in [4.78, 5) is 36.3. The van der Waals surface area contributed by atoms with Gasteiger partial charge in [0.2, 0.25) is 5.91 Å². The van der Waals surface area contributed by atoms with Crippen molar-refractivity contribution in [3.05, 3.63) is 53.1 Å². The van der Waals surface area contributed by atoms with Crippen molar-refractivity contribution in [2.45, 2.75) is 26.4 Å². The van der Waals surface area contributed by atoms with E-state index in [4.69, 9.17) is 9.47 Å². The van der Waals surface area contributed by atoms with Gasteiger partial charge in [0.15, 0.2) is 6.10 Å². The van der Waals surface area contributed by atoms with Crippen LogP contribution in [0.1, 0.15) is 27.9 Å². The molecular formula is C20H20N2O5. The maximum atomic E-state index is 12.3. The highest BCUT2D eigenvalue weighted by atomic mass is 16.5. The molecule has 140 valence electrons. The Morgan fingerprint density at radius 2 is 1.96 bits per heavy atom. The van der Waals surface area contributed by atoms with Crippen molar-refractivity contribution in [2.24, 2.45) is 0 Å². The van der Waals surface area contributed by atoms with Crippen molar-refractivity contribution < 1.29 is 23.9 Å². The zero-order valence-corrected chi connectivity index (χ0v) is 15.3. The van der Waals surface area contributed by atoms with E-state index in [9.17, 15) is 14.4 Å². The second-order valence-corrected chi connectivity index (χ2v) is 6.37. The summed E-state index contributed by atoms with van der Waals surface area (Å²) in [5, 5.41) is 5.44. The predicted molar refractivity (Wildman–Crippen MR) is 100.0 cm³/mol. The lowest BCUT2D eigenvalue weighted by atomic mass is 10.1. The van der Waals surface area contributed by atoms with Crippen molar-refractivity contribution in [2.75, 3.05) is 17.7 Å². The van der Waals surface area contributed by atoms with Gasteiger partial charge in [-0.25, -0.2) is 4.79 Å². The summed E-state index contributed by atoms with van der Waals surface area (Å²) < 4.78 is 10.4. The van der Waals surface area contributed by atoms with Gasteiger partial charge in [0.1, 0.15) is 5.75 Å². The first-order chi connectivity index (χ1) is 12.9. The van der Waals surface area contributed by atoms with Crippen LogP contribution in [0.2, 0.25) is 0 Å². The van der Waals surface area contributed by atoms with Crippen LogP contribution in [0.25, 0.3) is 0 Å². The van der Waals surface area contributed by atoms with Gasteiger partial charge in [-0.3, -0.25) is 9.59 Å². The second kappa shape index (κ2) is 7.49. The molecule has 7 heteroatoms. The summed E-state index contributed by atoms with van der Waals surface area (Å²) in [6.07, 6.45) is -1.08. The van der Waals surface area contributed by atoms with Crippen molar-refractivity contribution >= 4 is 29.2 Å². The third-order valence-electron chi connectivity index (χ3n) is 4.25. The minimum atomic E-state index is -0.925. The minimum Gasteiger partial charge on any atom is -0.478 e. The highest BCUT2D eigenvalue weighted by molar-refractivity contribution is 6.02. The summed E-state index contributed by atoms with van der Waals surface area (Å²) in [7, 11) is 1.30. The lowest BCUT2D eigenvalue weighted by molar-refractivity contribution is -0.128. The quantitative estimate of drug-likeness (QED) is 0.810.